The number of nitrogens with one attached hydrogen (secondary N) is 1. The number of aromatic nitrogens is 2. The first kappa shape index (κ1) is 13.8. The molecule has 0 saturated heterocycles. The Bertz CT molecular complexity index is 528. The monoisotopic (exact) mass is 287 g/mol. The van der Waals surface area contributed by atoms with Gasteiger partial charge in [0.2, 0.25) is 0 Å². The molecular formula is C18H29N3. The second-order valence-electron chi connectivity index (χ2n) is 9.04. The average Bonchev–Trinajstić information content (AvgIpc) is 2.70. The standard InChI is InChI=1S/C18H29N3/c1-16-8-14-9-17(2,11-16)13-18(10-14,12-16)20-5-4-15-19-6-7-21(15)3/h6-7,14,20H,4-5,8-13H2,1-3H3. The molecule has 3 heteroatoms. The highest BCUT2D eigenvalue weighted by Crippen LogP contribution is 2.66. The molecule has 0 amide bonds. The molecule has 0 aliphatic heterocycles. The summed E-state index contributed by atoms with van der Waals surface area (Å²) >= 11 is 0. The van der Waals surface area contributed by atoms with Crippen LogP contribution in [0.3, 0.4) is 0 Å². The fraction of sp³-hybridized carbons (Fsp3) is 0.833. The topological polar surface area (TPSA) is 29.9 Å². The predicted octanol–water partition coefficient (Wildman–Crippen LogP) is 3.30. The van der Waals surface area contributed by atoms with E-state index in [1.165, 1.54) is 44.3 Å². The van der Waals surface area contributed by atoms with Gasteiger partial charge in [0, 0.05) is 37.9 Å². The van der Waals surface area contributed by atoms with Gasteiger partial charge in [-0.05, 0) is 55.3 Å². The van der Waals surface area contributed by atoms with Crippen LogP contribution in [0.1, 0.15) is 58.2 Å². The summed E-state index contributed by atoms with van der Waals surface area (Å²) in [7, 11) is 2.09. The Labute approximate surface area is 128 Å². The van der Waals surface area contributed by atoms with Gasteiger partial charge in [0.15, 0.2) is 0 Å². The first-order chi connectivity index (χ1) is 9.90. The molecule has 4 saturated carbocycles. The first-order valence-electron chi connectivity index (χ1n) is 8.61. The van der Waals surface area contributed by atoms with Crippen LogP contribution in [0, 0.1) is 16.7 Å². The first-order valence-corrected chi connectivity index (χ1v) is 8.61. The molecule has 5 rings (SSSR count). The number of aryl methyl sites for hydroxylation is 1. The molecule has 0 spiro atoms. The van der Waals surface area contributed by atoms with Crippen molar-refractivity contribution in [1.82, 2.24) is 14.9 Å². The summed E-state index contributed by atoms with van der Waals surface area (Å²) < 4.78 is 2.14. The molecule has 1 aromatic rings. The normalized spacial score (nSPS) is 44.4. The maximum atomic E-state index is 4.45. The third-order valence-corrected chi connectivity index (χ3v) is 6.40. The van der Waals surface area contributed by atoms with E-state index in [2.05, 4.69) is 35.8 Å². The Balaban J connectivity index is 1.46. The van der Waals surface area contributed by atoms with E-state index in [9.17, 15) is 0 Å². The number of rotatable bonds is 4. The lowest BCUT2D eigenvalue weighted by Crippen LogP contribution is -2.64. The zero-order chi connectivity index (χ0) is 14.7. The molecular weight excluding hydrogens is 258 g/mol. The highest BCUT2D eigenvalue weighted by atomic mass is 15.1. The van der Waals surface area contributed by atoms with Crippen LogP contribution in [-0.4, -0.2) is 21.6 Å². The minimum atomic E-state index is 0.425. The molecule has 2 unspecified atom stereocenters. The minimum absolute atomic E-state index is 0.425. The van der Waals surface area contributed by atoms with Crippen molar-refractivity contribution in [3.05, 3.63) is 18.2 Å². The van der Waals surface area contributed by atoms with Crippen LogP contribution in [0.5, 0.6) is 0 Å². The third-order valence-electron chi connectivity index (χ3n) is 6.40. The Kier molecular flexibility index (Phi) is 2.86. The SMILES string of the molecule is Cn1ccnc1CCNC12CC3CC(C)(CC(C)(C3)C1)C2. The summed E-state index contributed by atoms with van der Waals surface area (Å²) in [5, 5.41) is 3.99. The quantitative estimate of drug-likeness (QED) is 0.921. The number of hydrogen-bond donors (Lipinski definition) is 1. The highest BCUT2D eigenvalue weighted by Gasteiger charge is 2.59. The molecule has 4 aliphatic rings. The maximum absolute atomic E-state index is 4.45. The van der Waals surface area contributed by atoms with Crippen LogP contribution in [0.2, 0.25) is 0 Å². The average molecular weight is 287 g/mol. The van der Waals surface area contributed by atoms with E-state index in [4.69, 9.17) is 0 Å². The van der Waals surface area contributed by atoms with Crippen LogP contribution in [0.15, 0.2) is 12.4 Å². The summed E-state index contributed by atoms with van der Waals surface area (Å²) in [5.41, 5.74) is 1.63. The fourth-order valence-electron chi connectivity index (χ4n) is 6.72. The van der Waals surface area contributed by atoms with Gasteiger partial charge >= 0.3 is 0 Å². The van der Waals surface area contributed by atoms with Gasteiger partial charge in [-0.1, -0.05) is 13.8 Å². The molecule has 0 aromatic carbocycles. The van der Waals surface area contributed by atoms with Crippen LogP contribution < -0.4 is 5.32 Å². The summed E-state index contributed by atoms with van der Waals surface area (Å²) in [6.07, 6.45) is 13.6. The van der Waals surface area contributed by atoms with Crippen molar-refractivity contribution in [2.75, 3.05) is 6.54 Å². The molecule has 2 atom stereocenters. The zero-order valence-corrected chi connectivity index (χ0v) is 13.8. The molecule has 116 valence electrons. The van der Waals surface area contributed by atoms with Gasteiger partial charge in [-0.25, -0.2) is 4.98 Å². The second-order valence-corrected chi connectivity index (χ2v) is 9.04. The summed E-state index contributed by atoms with van der Waals surface area (Å²) in [6.45, 7) is 6.17. The van der Waals surface area contributed by atoms with Gasteiger partial charge in [0.25, 0.3) is 0 Å². The van der Waals surface area contributed by atoms with Crippen molar-refractivity contribution in [3.8, 4) is 0 Å². The summed E-state index contributed by atoms with van der Waals surface area (Å²) in [4.78, 5) is 4.45. The molecule has 1 aromatic heterocycles. The van der Waals surface area contributed by atoms with Gasteiger partial charge in [-0.3, -0.25) is 0 Å². The number of nitrogens with zero attached hydrogens (tertiary/aromatic N) is 2. The Morgan fingerprint density at radius 1 is 1.19 bits per heavy atom. The lowest BCUT2D eigenvalue weighted by molar-refractivity contribution is -0.117. The van der Waals surface area contributed by atoms with Crippen molar-refractivity contribution in [2.45, 2.75) is 64.3 Å². The van der Waals surface area contributed by atoms with E-state index < -0.39 is 0 Å². The van der Waals surface area contributed by atoms with Crippen molar-refractivity contribution >= 4 is 0 Å². The molecule has 4 bridgehead atoms. The minimum Gasteiger partial charge on any atom is -0.338 e. The van der Waals surface area contributed by atoms with E-state index in [0.29, 0.717) is 16.4 Å². The van der Waals surface area contributed by atoms with E-state index in [1.54, 1.807) is 0 Å². The van der Waals surface area contributed by atoms with E-state index in [-0.39, 0.29) is 0 Å². The third kappa shape index (κ3) is 2.34. The number of hydrogen-bond acceptors (Lipinski definition) is 2. The Morgan fingerprint density at radius 2 is 1.90 bits per heavy atom. The Morgan fingerprint density at radius 3 is 2.48 bits per heavy atom. The largest absolute Gasteiger partial charge is 0.338 e. The molecule has 1 heterocycles. The molecule has 21 heavy (non-hydrogen) atoms. The van der Waals surface area contributed by atoms with E-state index >= 15 is 0 Å². The Hall–Kier alpha value is -0.830. The van der Waals surface area contributed by atoms with E-state index in [0.717, 1.165) is 18.9 Å². The van der Waals surface area contributed by atoms with Crippen molar-refractivity contribution < 1.29 is 0 Å². The molecule has 1 N–H and O–H groups in total. The maximum Gasteiger partial charge on any atom is 0.109 e. The second kappa shape index (κ2) is 4.34. The van der Waals surface area contributed by atoms with Crippen molar-refractivity contribution in [3.63, 3.8) is 0 Å². The number of imidazole rings is 1. The van der Waals surface area contributed by atoms with Crippen molar-refractivity contribution in [1.29, 1.82) is 0 Å². The summed E-state index contributed by atoms with van der Waals surface area (Å²) in [5.74, 6) is 2.17. The van der Waals surface area contributed by atoms with Gasteiger partial charge in [0.05, 0.1) is 0 Å². The molecule has 0 radical (unpaired) electrons. The molecule has 3 nitrogen and oxygen atoms in total. The van der Waals surface area contributed by atoms with Crippen molar-refractivity contribution in [2.24, 2.45) is 23.8 Å². The summed E-state index contributed by atoms with van der Waals surface area (Å²) in [6, 6.07) is 0. The van der Waals surface area contributed by atoms with Gasteiger partial charge < -0.3 is 9.88 Å². The van der Waals surface area contributed by atoms with E-state index in [1.807, 2.05) is 12.4 Å². The van der Waals surface area contributed by atoms with Gasteiger partial charge in [0.1, 0.15) is 5.82 Å². The zero-order valence-electron chi connectivity index (χ0n) is 13.8. The van der Waals surface area contributed by atoms with Gasteiger partial charge in [-0.15, -0.1) is 0 Å². The van der Waals surface area contributed by atoms with Crippen LogP contribution in [0.4, 0.5) is 0 Å². The molecule has 4 aliphatic carbocycles. The lowest BCUT2D eigenvalue weighted by atomic mass is 9.43. The van der Waals surface area contributed by atoms with Gasteiger partial charge in [-0.2, -0.15) is 0 Å². The van der Waals surface area contributed by atoms with Crippen LogP contribution in [-0.2, 0) is 13.5 Å². The fourth-order valence-corrected chi connectivity index (χ4v) is 6.72. The smallest absolute Gasteiger partial charge is 0.109 e. The highest BCUT2D eigenvalue weighted by molar-refractivity contribution is 5.14. The van der Waals surface area contributed by atoms with Crippen LogP contribution in [0.25, 0.3) is 0 Å². The van der Waals surface area contributed by atoms with Crippen LogP contribution >= 0.6 is 0 Å². The predicted molar refractivity (Wildman–Crippen MR) is 85.1 cm³/mol. The molecule has 4 fully saturated rings. The lowest BCUT2D eigenvalue weighted by Gasteiger charge is -2.65.